The predicted molar refractivity (Wildman–Crippen MR) is 70.6 cm³/mol. The molecule has 0 unspecified atom stereocenters. The van der Waals surface area contributed by atoms with Crippen molar-refractivity contribution in [2.75, 3.05) is 5.32 Å². The number of aromatic nitrogens is 3. The van der Waals surface area contributed by atoms with E-state index in [0.29, 0.717) is 11.5 Å². The summed E-state index contributed by atoms with van der Waals surface area (Å²) in [7, 11) is 3.57. The van der Waals surface area contributed by atoms with Gasteiger partial charge in [-0.05, 0) is 28.9 Å². The van der Waals surface area contributed by atoms with Crippen molar-refractivity contribution in [3.05, 3.63) is 38.9 Å². The van der Waals surface area contributed by atoms with E-state index in [4.69, 9.17) is 0 Å². The second-order valence-corrected chi connectivity index (χ2v) is 4.82. The molecule has 5 nitrogen and oxygen atoms in total. The van der Waals surface area contributed by atoms with Crippen molar-refractivity contribution in [1.29, 1.82) is 0 Å². The highest BCUT2D eigenvalue weighted by Crippen LogP contribution is 2.16. The molecular weight excluding hydrogens is 284 g/mol. The Morgan fingerprint density at radius 1 is 1.35 bits per heavy atom. The van der Waals surface area contributed by atoms with Gasteiger partial charge in [-0.1, -0.05) is 0 Å². The van der Waals surface area contributed by atoms with E-state index in [2.05, 4.69) is 26.3 Å². The summed E-state index contributed by atoms with van der Waals surface area (Å²) in [6.45, 7) is 1.96. The van der Waals surface area contributed by atoms with E-state index >= 15 is 0 Å². The Balaban J connectivity index is 2.39. The van der Waals surface area contributed by atoms with E-state index in [9.17, 15) is 4.79 Å². The molecule has 0 radical (unpaired) electrons. The van der Waals surface area contributed by atoms with Gasteiger partial charge in [0.05, 0.1) is 0 Å². The zero-order valence-electron chi connectivity index (χ0n) is 9.86. The molecule has 0 aliphatic rings. The van der Waals surface area contributed by atoms with Crippen LogP contribution in [0.15, 0.2) is 27.6 Å². The van der Waals surface area contributed by atoms with Crippen LogP contribution in [0.1, 0.15) is 5.69 Å². The monoisotopic (exact) mass is 296 g/mol. The molecule has 90 valence electrons. The van der Waals surface area contributed by atoms with Gasteiger partial charge in [0.25, 0.3) is 5.56 Å². The maximum absolute atomic E-state index is 11.9. The molecule has 0 fully saturated rings. The van der Waals surface area contributed by atoms with Crippen molar-refractivity contribution < 1.29 is 0 Å². The average molecular weight is 297 g/mol. The first-order chi connectivity index (χ1) is 7.97. The third kappa shape index (κ3) is 2.41. The lowest BCUT2D eigenvalue weighted by Crippen LogP contribution is -2.19. The van der Waals surface area contributed by atoms with Crippen LogP contribution in [0.25, 0.3) is 0 Å². The van der Waals surface area contributed by atoms with Crippen LogP contribution in [0.5, 0.6) is 0 Å². The number of anilines is 2. The lowest BCUT2D eigenvalue weighted by Gasteiger charge is -2.05. The van der Waals surface area contributed by atoms with Gasteiger partial charge >= 0.3 is 0 Å². The van der Waals surface area contributed by atoms with Crippen molar-refractivity contribution in [3.8, 4) is 0 Å². The Hall–Kier alpha value is -1.56. The Morgan fingerprint density at radius 2 is 2.06 bits per heavy atom. The summed E-state index contributed by atoms with van der Waals surface area (Å²) in [6.07, 6.45) is 1.72. The number of aryl methyl sites for hydroxylation is 3. The van der Waals surface area contributed by atoms with Crippen LogP contribution in [-0.2, 0) is 14.1 Å². The summed E-state index contributed by atoms with van der Waals surface area (Å²) < 4.78 is 4.11. The van der Waals surface area contributed by atoms with Gasteiger partial charge in [0, 0.05) is 36.5 Å². The Kier molecular flexibility index (Phi) is 3.06. The average Bonchev–Trinajstić information content (AvgIpc) is 2.54. The third-order valence-corrected chi connectivity index (χ3v) is 2.96. The fraction of sp³-hybridized carbons (Fsp3) is 0.273. The van der Waals surface area contributed by atoms with Crippen LogP contribution in [0.4, 0.5) is 11.5 Å². The van der Waals surface area contributed by atoms with Gasteiger partial charge in [0.2, 0.25) is 0 Å². The first-order valence-electron chi connectivity index (χ1n) is 5.11. The van der Waals surface area contributed by atoms with Crippen molar-refractivity contribution in [1.82, 2.24) is 14.3 Å². The second-order valence-electron chi connectivity index (χ2n) is 3.91. The fourth-order valence-corrected chi connectivity index (χ4v) is 2.06. The quantitative estimate of drug-likeness (QED) is 0.921. The molecular formula is C11H13BrN4O. The van der Waals surface area contributed by atoms with E-state index in [1.165, 1.54) is 4.57 Å². The normalized spacial score (nSPS) is 10.6. The Bertz CT molecular complexity index is 595. The van der Waals surface area contributed by atoms with Crippen LogP contribution in [-0.4, -0.2) is 14.3 Å². The molecule has 0 amide bonds. The summed E-state index contributed by atoms with van der Waals surface area (Å²) in [5.41, 5.74) is 1.44. The van der Waals surface area contributed by atoms with Crippen LogP contribution in [0.2, 0.25) is 0 Å². The zero-order chi connectivity index (χ0) is 12.6. The predicted octanol–water partition coefficient (Wildman–Crippen LogP) is 1.93. The largest absolute Gasteiger partial charge is 0.334 e. The maximum atomic E-state index is 11.9. The van der Waals surface area contributed by atoms with E-state index in [1.807, 2.05) is 20.0 Å². The van der Waals surface area contributed by atoms with Crippen LogP contribution < -0.4 is 10.9 Å². The summed E-state index contributed by atoms with van der Waals surface area (Å²) in [5.74, 6) is 0.667. The first-order valence-corrected chi connectivity index (χ1v) is 5.90. The van der Waals surface area contributed by atoms with Gasteiger partial charge in [-0.15, -0.1) is 0 Å². The molecule has 0 spiro atoms. The molecule has 2 heterocycles. The minimum Gasteiger partial charge on any atom is -0.334 e. The zero-order valence-corrected chi connectivity index (χ0v) is 11.4. The minimum absolute atomic E-state index is 0.0866. The molecule has 2 rings (SSSR count). The minimum atomic E-state index is -0.0866. The molecule has 1 N–H and O–H groups in total. The summed E-state index contributed by atoms with van der Waals surface area (Å²) in [5, 5.41) is 7.27. The van der Waals surface area contributed by atoms with Gasteiger partial charge < -0.3 is 9.88 Å². The highest BCUT2D eigenvalue weighted by Gasteiger charge is 2.06. The summed E-state index contributed by atoms with van der Waals surface area (Å²) in [4.78, 5) is 11.9. The van der Waals surface area contributed by atoms with Gasteiger partial charge in [-0.2, -0.15) is 5.10 Å². The van der Waals surface area contributed by atoms with E-state index in [0.717, 1.165) is 10.2 Å². The van der Waals surface area contributed by atoms with Crippen LogP contribution in [0, 0.1) is 6.92 Å². The number of hydrogen-bond acceptors (Lipinski definition) is 3. The molecule has 0 bridgehead atoms. The molecule has 2 aromatic heterocycles. The summed E-state index contributed by atoms with van der Waals surface area (Å²) in [6, 6.07) is 3.63. The second kappa shape index (κ2) is 4.37. The SMILES string of the molecule is Cc1cc(Nc2cc(Br)cn(C)c2=O)nn1C. The number of rotatable bonds is 2. The van der Waals surface area contributed by atoms with Crippen LogP contribution in [0.3, 0.4) is 0 Å². The maximum Gasteiger partial charge on any atom is 0.274 e. The van der Waals surface area contributed by atoms with E-state index in [1.54, 1.807) is 24.0 Å². The number of halogens is 1. The standard InChI is InChI=1S/C11H13BrN4O/c1-7-4-10(14-16(7)3)13-9-5-8(12)6-15(2)11(9)17/h4-6H,1-3H3,(H,13,14). The summed E-state index contributed by atoms with van der Waals surface area (Å²) >= 11 is 3.35. The highest BCUT2D eigenvalue weighted by molar-refractivity contribution is 9.10. The van der Waals surface area contributed by atoms with Crippen molar-refractivity contribution in [2.24, 2.45) is 14.1 Å². The van der Waals surface area contributed by atoms with Gasteiger partial charge in [-0.25, -0.2) is 0 Å². The van der Waals surface area contributed by atoms with E-state index in [-0.39, 0.29) is 5.56 Å². The molecule has 0 atom stereocenters. The van der Waals surface area contributed by atoms with E-state index < -0.39 is 0 Å². The number of pyridine rings is 1. The highest BCUT2D eigenvalue weighted by atomic mass is 79.9. The first kappa shape index (κ1) is 11.9. The topological polar surface area (TPSA) is 51.9 Å². The van der Waals surface area contributed by atoms with Crippen molar-refractivity contribution in [2.45, 2.75) is 6.92 Å². The molecule has 0 aromatic carbocycles. The molecule has 0 aliphatic carbocycles. The van der Waals surface area contributed by atoms with Crippen molar-refractivity contribution >= 4 is 27.4 Å². The number of nitrogens with one attached hydrogen (secondary N) is 1. The smallest absolute Gasteiger partial charge is 0.274 e. The molecule has 6 heteroatoms. The molecule has 0 saturated heterocycles. The fourth-order valence-electron chi connectivity index (χ4n) is 1.52. The molecule has 17 heavy (non-hydrogen) atoms. The van der Waals surface area contributed by atoms with Gasteiger partial charge in [0.1, 0.15) is 5.69 Å². The molecule has 0 aliphatic heterocycles. The van der Waals surface area contributed by atoms with Crippen molar-refractivity contribution in [3.63, 3.8) is 0 Å². The van der Waals surface area contributed by atoms with Gasteiger partial charge in [0.15, 0.2) is 5.82 Å². The third-order valence-electron chi connectivity index (χ3n) is 2.53. The lowest BCUT2D eigenvalue weighted by atomic mass is 10.4. The number of hydrogen-bond donors (Lipinski definition) is 1. The van der Waals surface area contributed by atoms with Crippen LogP contribution >= 0.6 is 15.9 Å². The molecule has 2 aromatic rings. The number of nitrogens with zero attached hydrogens (tertiary/aromatic N) is 3. The lowest BCUT2D eigenvalue weighted by molar-refractivity contribution is 0.743. The Morgan fingerprint density at radius 3 is 2.65 bits per heavy atom. The Labute approximate surface area is 107 Å². The van der Waals surface area contributed by atoms with Gasteiger partial charge in [-0.3, -0.25) is 9.48 Å². The molecule has 0 saturated carbocycles.